The number of anilines is 1. The molecule has 0 heterocycles. The molecule has 1 rings (SSSR count). The molecule has 0 radical (unpaired) electrons. The predicted molar refractivity (Wildman–Crippen MR) is 51.7 cm³/mol. The molecule has 70 valence electrons. The maximum atomic E-state index is 10.7. The van der Waals surface area contributed by atoms with Crippen molar-refractivity contribution in [1.82, 2.24) is 0 Å². The first-order valence-corrected chi connectivity index (χ1v) is 4.27. The summed E-state index contributed by atoms with van der Waals surface area (Å²) in [5, 5.41) is 14.9. The number of hydroxylamine groups is 1. The van der Waals surface area contributed by atoms with Crippen LogP contribution in [0.4, 0.5) is 5.69 Å². The standard InChI is InChI=1S/C8H10ClN3O/c1-2-12(13)11-10-8-5-3-7(9)4-6-8/h3-6,10H,2H2,1H3/b12-11-. The molecule has 1 aromatic rings. The van der Waals surface area contributed by atoms with Crippen molar-refractivity contribution in [2.24, 2.45) is 5.22 Å². The highest BCUT2D eigenvalue weighted by atomic mass is 35.5. The lowest BCUT2D eigenvalue weighted by Crippen LogP contribution is -2.02. The molecule has 1 aromatic carbocycles. The Balaban J connectivity index is 2.60. The summed E-state index contributed by atoms with van der Waals surface area (Å²) in [4.78, 5) is 0.564. The van der Waals surface area contributed by atoms with Crippen LogP contribution in [-0.2, 0) is 0 Å². The number of nitrogens with zero attached hydrogens (tertiary/aromatic N) is 2. The van der Waals surface area contributed by atoms with Crippen molar-refractivity contribution >= 4 is 17.3 Å². The van der Waals surface area contributed by atoms with Crippen LogP contribution in [0.1, 0.15) is 6.92 Å². The first-order valence-electron chi connectivity index (χ1n) is 3.89. The summed E-state index contributed by atoms with van der Waals surface area (Å²) >= 11 is 5.67. The van der Waals surface area contributed by atoms with E-state index in [0.717, 1.165) is 5.69 Å². The van der Waals surface area contributed by atoms with Crippen molar-refractivity contribution in [3.63, 3.8) is 0 Å². The summed E-state index contributed by atoms with van der Waals surface area (Å²) < 4.78 is 0. The summed E-state index contributed by atoms with van der Waals surface area (Å²) in [5.74, 6) is 0. The van der Waals surface area contributed by atoms with Crippen LogP contribution in [0.25, 0.3) is 0 Å². The largest absolute Gasteiger partial charge is 0.696 e. The van der Waals surface area contributed by atoms with Gasteiger partial charge < -0.3 is 5.21 Å². The third kappa shape index (κ3) is 3.29. The molecule has 5 heteroatoms. The van der Waals surface area contributed by atoms with Crippen molar-refractivity contribution in [2.75, 3.05) is 12.0 Å². The minimum absolute atomic E-state index is 0.320. The SMILES string of the molecule is CC/[N+]([O-])=N/Nc1ccc(Cl)cc1. The highest BCUT2D eigenvalue weighted by molar-refractivity contribution is 6.30. The summed E-state index contributed by atoms with van der Waals surface area (Å²) in [6.45, 7) is 2.04. The molecule has 0 saturated heterocycles. The van der Waals surface area contributed by atoms with E-state index in [1.54, 1.807) is 31.2 Å². The number of halogens is 1. The van der Waals surface area contributed by atoms with Gasteiger partial charge in [0.25, 0.3) is 0 Å². The maximum Gasteiger partial charge on any atom is 0.146 e. The van der Waals surface area contributed by atoms with Gasteiger partial charge in [-0.2, -0.15) is 4.86 Å². The lowest BCUT2D eigenvalue weighted by molar-refractivity contribution is -0.524. The minimum atomic E-state index is 0.320. The molecule has 1 N–H and O–H groups in total. The lowest BCUT2D eigenvalue weighted by Gasteiger charge is -2.00. The molecule has 0 aliphatic rings. The third-order valence-corrected chi connectivity index (χ3v) is 1.66. The normalized spacial score (nSPS) is 11.4. The molecule has 0 aliphatic carbocycles. The number of nitrogens with one attached hydrogen (secondary N) is 1. The molecule has 0 saturated carbocycles. The quantitative estimate of drug-likeness (QED) is 0.462. The van der Waals surface area contributed by atoms with E-state index in [1.807, 2.05) is 0 Å². The summed E-state index contributed by atoms with van der Waals surface area (Å²) in [7, 11) is 0. The Morgan fingerprint density at radius 2 is 2.08 bits per heavy atom. The van der Waals surface area contributed by atoms with E-state index in [1.165, 1.54) is 0 Å². The van der Waals surface area contributed by atoms with Gasteiger partial charge in [0.2, 0.25) is 0 Å². The molecule has 0 aliphatic heterocycles. The molecule has 13 heavy (non-hydrogen) atoms. The maximum absolute atomic E-state index is 10.7. The fraction of sp³-hybridized carbons (Fsp3) is 0.250. The van der Waals surface area contributed by atoms with Crippen LogP contribution in [0, 0.1) is 5.21 Å². The highest BCUT2D eigenvalue weighted by Crippen LogP contribution is 2.12. The van der Waals surface area contributed by atoms with Crippen molar-refractivity contribution in [3.8, 4) is 0 Å². The smallest absolute Gasteiger partial charge is 0.146 e. The van der Waals surface area contributed by atoms with E-state index in [2.05, 4.69) is 10.6 Å². The van der Waals surface area contributed by atoms with Gasteiger partial charge in [-0.3, -0.25) is 0 Å². The Morgan fingerprint density at radius 3 is 2.62 bits per heavy atom. The van der Waals surface area contributed by atoms with Crippen LogP contribution in [-0.4, -0.2) is 11.4 Å². The van der Waals surface area contributed by atoms with Gasteiger partial charge >= 0.3 is 0 Å². The lowest BCUT2D eigenvalue weighted by atomic mass is 10.3. The molecule has 0 bridgehead atoms. The monoisotopic (exact) mass is 199 g/mol. The Labute approximate surface area is 81.4 Å². The van der Waals surface area contributed by atoms with Crippen molar-refractivity contribution in [1.29, 1.82) is 0 Å². The zero-order chi connectivity index (χ0) is 9.68. The summed E-state index contributed by atoms with van der Waals surface area (Å²) in [5.41, 5.74) is 3.34. The zero-order valence-electron chi connectivity index (χ0n) is 7.20. The van der Waals surface area contributed by atoms with Gasteiger partial charge in [0.1, 0.15) is 12.2 Å². The fourth-order valence-corrected chi connectivity index (χ4v) is 0.835. The second kappa shape index (κ2) is 4.67. The molecule has 0 fully saturated rings. The second-order valence-electron chi connectivity index (χ2n) is 2.39. The first-order chi connectivity index (χ1) is 6.22. The van der Waals surface area contributed by atoms with Gasteiger partial charge in [0.05, 0.1) is 5.22 Å². The van der Waals surface area contributed by atoms with Gasteiger partial charge in [0.15, 0.2) is 0 Å². The Morgan fingerprint density at radius 1 is 1.46 bits per heavy atom. The Hall–Kier alpha value is -1.29. The van der Waals surface area contributed by atoms with Crippen molar-refractivity contribution in [2.45, 2.75) is 6.92 Å². The van der Waals surface area contributed by atoms with Crippen LogP contribution >= 0.6 is 11.6 Å². The summed E-state index contributed by atoms with van der Waals surface area (Å²) in [6.07, 6.45) is 0. The number of benzene rings is 1. The van der Waals surface area contributed by atoms with Crippen LogP contribution < -0.4 is 5.43 Å². The third-order valence-electron chi connectivity index (χ3n) is 1.41. The average molecular weight is 200 g/mol. The van der Waals surface area contributed by atoms with Gasteiger partial charge in [-0.25, -0.2) is 0 Å². The molecule has 0 amide bonds. The molecular formula is C8H10ClN3O. The molecular weight excluding hydrogens is 190 g/mol. The van der Waals surface area contributed by atoms with Crippen LogP contribution in [0.5, 0.6) is 0 Å². The van der Waals surface area contributed by atoms with Gasteiger partial charge in [-0.05, 0) is 31.2 Å². The summed E-state index contributed by atoms with van der Waals surface area (Å²) in [6, 6.07) is 6.94. The van der Waals surface area contributed by atoms with Crippen molar-refractivity contribution in [3.05, 3.63) is 34.5 Å². The highest BCUT2D eigenvalue weighted by Gasteiger charge is 1.94. The van der Waals surface area contributed by atoms with E-state index in [9.17, 15) is 5.21 Å². The number of hydrogen-bond donors (Lipinski definition) is 1. The molecule has 0 atom stereocenters. The Bertz CT molecular complexity index is 297. The fourth-order valence-electron chi connectivity index (χ4n) is 0.709. The van der Waals surface area contributed by atoms with E-state index >= 15 is 0 Å². The van der Waals surface area contributed by atoms with E-state index in [-0.39, 0.29) is 0 Å². The second-order valence-corrected chi connectivity index (χ2v) is 2.82. The van der Waals surface area contributed by atoms with E-state index in [4.69, 9.17) is 11.6 Å². The molecule has 0 spiro atoms. The predicted octanol–water partition coefficient (Wildman–Crippen LogP) is 2.65. The van der Waals surface area contributed by atoms with Crippen LogP contribution in [0.2, 0.25) is 5.02 Å². The van der Waals surface area contributed by atoms with Crippen LogP contribution in [0.15, 0.2) is 29.5 Å². The minimum Gasteiger partial charge on any atom is -0.696 e. The van der Waals surface area contributed by atoms with E-state index in [0.29, 0.717) is 16.4 Å². The van der Waals surface area contributed by atoms with E-state index < -0.39 is 0 Å². The average Bonchev–Trinajstić information content (AvgIpc) is 2.16. The first kappa shape index (κ1) is 9.80. The van der Waals surface area contributed by atoms with Gasteiger partial charge in [-0.15, -0.1) is 5.43 Å². The van der Waals surface area contributed by atoms with Crippen molar-refractivity contribution < 1.29 is 4.86 Å². The molecule has 0 unspecified atom stereocenters. The van der Waals surface area contributed by atoms with Crippen LogP contribution in [0.3, 0.4) is 0 Å². The molecule has 4 nitrogen and oxygen atoms in total. The molecule has 0 aromatic heterocycles. The van der Waals surface area contributed by atoms with Gasteiger partial charge in [0, 0.05) is 5.02 Å². The number of rotatable bonds is 3. The number of hydrogen-bond acceptors (Lipinski definition) is 2. The Kier molecular flexibility index (Phi) is 3.52. The topological polar surface area (TPSA) is 50.5 Å². The zero-order valence-corrected chi connectivity index (χ0v) is 7.95. The van der Waals surface area contributed by atoms with Gasteiger partial charge in [-0.1, -0.05) is 11.6 Å².